The van der Waals surface area contributed by atoms with E-state index in [1.807, 2.05) is 31.2 Å². The van der Waals surface area contributed by atoms with E-state index in [9.17, 15) is 9.50 Å². The van der Waals surface area contributed by atoms with E-state index in [0.29, 0.717) is 12.2 Å². The second-order valence-corrected chi connectivity index (χ2v) is 4.99. The van der Waals surface area contributed by atoms with Crippen LogP contribution in [-0.4, -0.2) is 11.7 Å². The Balaban J connectivity index is 1.79. The number of rotatable bonds is 3. The zero-order chi connectivity index (χ0) is 14.1. The SMILES string of the molecule is CC(NC1COc2ccccc21)c1ccc(F)cc1O. The van der Waals surface area contributed by atoms with Gasteiger partial charge < -0.3 is 15.2 Å². The van der Waals surface area contributed by atoms with Gasteiger partial charge in [0.2, 0.25) is 0 Å². The van der Waals surface area contributed by atoms with Gasteiger partial charge in [-0.1, -0.05) is 24.3 Å². The highest BCUT2D eigenvalue weighted by Gasteiger charge is 2.25. The fourth-order valence-corrected chi connectivity index (χ4v) is 2.58. The highest BCUT2D eigenvalue weighted by atomic mass is 19.1. The molecule has 0 bridgehead atoms. The first-order valence-electron chi connectivity index (χ1n) is 6.61. The first-order chi connectivity index (χ1) is 9.65. The van der Waals surface area contributed by atoms with E-state index in [4.69, 9.17) is 4.74 Å². The predicted molar refractivity (Wildman–Crippen MR) is 74.3 cm³/mol. The minimum absolute atomic E-state index is 0.0304. The van der Waals surface area contributed by atoms with Crippen molar-refractivity contribution in [1.82, 2.24) is 5.32 Å². The van der Waals surface area contributed by atoms with Crippen LogP contribution in [0.2, 0.25) is 0 Å². The van der Waals surface area contributed by atoms with Gasteiger partial charge in [-0.3, -0.25) is 0 Å². The summed E-state index contributed by atoms with van der Waals surface area (Å²) in [5.74, 6) is 0.422. The molecule has 3 rings (SSSR count). The number of hydrogen-bond donors (Lipinski definition) is 2. The Morgan fingerprint density at radius 1 is 1.30 bits per heavy atom. The molecule has 2 aromatic carbocycles. The van der Waals surface area contributed by atoms with Gasteiger partial charge in [0, 0.05) is 23.2 Å². The van der Waals surface area contributed by atoms with Crippen molar-refractivity contribution < 1.29 is 14.2 Å². The predicted octanol–water partition coefficient (Wildman–Crippen LogP) is 3.32. The fourth-order valence-electron chi connectivity index (χ4n) is 2.58. The van der Waals surface area contributed by atoms with Gasteiger partial charge in [0.05, 0.1) is 6.04 Å². The van der Waals surface area contributed by atoms with Crippen molar-refractivity contribution in [3.63, 3.8) is 0 Å². The molecule has 0 aliphatic carbocycles. The molecule has 0 amide bonds. The molecule has 3 nitrogen and oxygen atoms in total. The number of phenols is 1. The van der Waals surface area contributed by atoms with Gasteiger partial charge in [0.15, 0.2) is 0 Å². The highest BCUT2D eigenvalue weighted by Crippen LogP contribution is 2.34. The number of ether oxygens (including phenoxy) is 1. The van der Waals surface area contributed by atoms with E-state index >= 15 is 0 Å². The van der Waals surface area contributed by atoms with E-state index in [0.717, 1.165) is 17.4 Å². The molecular formula is C16H16FNO2. The quantitative estimate of drug-likeness (QED) is 0.901. The minimum atomic E-state index is -0.437. The second-order valence-electron chi connectivity index (χ2n) is 4.99. The number of fused-ring (bicyclic) bond motifs is 1. The Labute approximate surface area is 117 Å². The molecule has 0 saturated carbocycles. The lowest BCUT2D eigenvalue weighted by Gasteiger charge is -2.20. The number of nitrogens with one attached hydrogen (secondary N) is 1. The van der Waals surface area contributed by atoms with Gasteiger partial charge in [0.25, 0.3) is 0 Å². The third-order valence-electron chi connectivity index (χ3n) is 3.61. The van der Waals surface area contributed by atoms with E-state index in [-0.39, 0.29) is 17.8 Å². The maximum atomic E-state index is 13.0. The summed E-state index contributed by atoms with van der Waals surface area (Å²) in [5.41, 5.74) is 1.79. The van der Waals surface area contributed by atoms with Gasteiger partial charge in [-0.05, 0) is 19.1 Å². The number of para-hydroxylation sites is 1. The van der Waals surface area contributed by atoms with Crippen LogP contribution < -0.4 is 10.1 Å². The topological polar surface area (TPSA) is 41.5 Å². The van der Waals surface area contributed by atoms with Gasteiger partial charge >= 0.3 is 0 Å². The number of aromatic hydroxyl groups is 1. The lowest BCUT2D eigenvalue weighted by molar-refractivity contribution is 0.299. The average Bonchev–Trinajstić information content (AvgIpc) is 2.82. The smallest absolute Gasteiger partial charge is 0.126 e. The van der Waals surface area contributed by atoms with Crippen LogP contribution in [0.25, 0.3) is 0 Å². The summed E-state index contributed by atoms with van der Waals surface area (Å²) in [6.07, 6.45) is 0. The van der Waals surface area contributed by atoms with Crippen molar-refractivity contribution >= 4 is 0 Å². The van der Waals surface area contributed by atoms with Crippen molar-refractivity contribution in [2.24, 2.45) is 0 Å². The van der Waals surface area contributed by atoms with Gasteiger partial charge in [-0.15, -0.1) is 0 Å². The van der Waals surface area contributed by atoms with E-state index in [2.05, 4.69) is 5.32 Å². The van der Waals surface area contributed by atoms with Crippen LogP contribution in [0.3, 0.4) is 0 Å². The minimum Gasteiger partial charge on any atom is -0.508 e. The maximum absolute atomic E-state index is 13.0. The van der Waals surface area contributed by atoms with Crippen molar-refractivity contribution in [3.05, 3.63) is 59.4 Å². The standard InChI is InChI=1S/C16H16FNO2/c1-10(12-7-6-11(17)8-15(12)19)18-14-9-20-16-5-3-2-4-13(14)16/h2-8,10,14,18-19H,9H2,1H3. The summed E-state index contributed by atoms with van der Waals surface area (Å²) in [4.78, 5) is 0. The lowest BCUT2D eigenvalue weighted by Crippen LogP contribution is -2.25. The molecule has 20 heavy (non-hydrogen) atoms. The molecule has 104 valence electrons. The van der Waals surface area contributed by atoms with E-state index in [1.165, 1.54) is 6.07 Å². The number of phenolic OH excluding ortho intramolecular Hbond substituents is 1. The first kappa shape index (κ1) is 12.9. The monoisotopic (exact) mass is 273 g/mol. The second kappa shape index (κ2) is 5.13. The summed E-state index contributed by atoms with van der Waals surface area (Å²) in [6, 6.07) is 11.9. The molecule has 4 heteroatoms. The third kappa shape index (κ3) is 2.34. The molecule has 2 unspecified atom stereocenters. The van der Waals surface area contributed by atoms with Crippen LogP contribution >= 0.6 is 0 Å². The Kier molecular flexibility index (Phi) is 3.32. The highest BCUT2D eigenvalue weighted by molar-refractivity contribution is 5.40. The van der Waals surface area contributed by atoms with Crippen LogP contribution in [0.5, 0.6) is 11.5 Å². The number of hydrogen-bond acceptors (Lipinski definition) is 3. The van der Waals surface area contributed by atoms with Crippen LogP contribution in [0, 0.1) is 5.82 Å². The maximum Gasteiger partial charge on any atom is 0.126 e. The molecule has 2 N–H and O–H groups in total. The largest absolute Gasteiger partial charge is 0.508 e. The Morgan fingerprint density at radius 3 is 2.90 bits per heavy atom. The summed E-state index contributed by atoms with van der Waals surface area (Å²) < 4.78 is 18.6. The molecule has 1 heterocycles. The summed E-state index contributed by atoms with van der Waals surface area (Å²) in [5, 5.41) is 13.2. The normalized spacial score (nSPS) is 18.4. The molecule has 1 aliphatic heterocycles. The van der Waals surface area contributed by atoms with Gasteiger partial charge in [-0.2, -0.15) is 0 Å². The van der Waals surface area contributed by atoms with Crippen LogP contribution in [0.15, 0.2) is 42.5 Å². The zero-order valence-corrected chi connectivity index (χ0v) is 11.1. The molecule has 2 atom stereocenters. The van der Waals surface area contributed by atoms with Gasteiger partial charge in [-0.25, -0.2) is 4.39 Å². The summed E-state index contributed by atoms with van der Waals surface area (Å²) >= 11 is 0. The Hall–Kier alpha value is -2.07. The molecule has 0 fully saturated rings. The van der Waals surface area contributed by atoms with Crippen LogP contribution in [-0.2, 0) is 0 Å². The molecule has 2 aromatic rings. The number of halogens is 1. The van der Waals surface area contributed by atoms with E-state index in [1.54, 1.807) is 6.07 Å². The molecule has 0 spiro atoms. The summed E-state index contributed by atoms with van der Waals surface area (Å²) in [6.45, 7) is 2.50. The molecule has 1 aliphatic rings. The molecule has 0 saturated heterocycles. The Bertz CT molecular complexity index is 630. The summed E-state index contributed by atoms with van der Waals surface area (Å²) in [7, 11) is 0. The fraction of sp³-hybridized carbons (Fsp3) is 0.250. The van der Waals surface area contributed by atoms with Crippen molar-refractivity contribution in [3.8, 4) is 11.5 Å². The van der Waals surface area contributed by atoms with E-state index < -0.39 is 5.82 Å². The van der Waals surface area contributed by atoms with Crippen LogP contribution in [0.4, 0.5) is 4.39 Å². The number of benzene rings is 2. The molecular weight excluding hydrogens is 257 g/mol. The van der Waals surface area contributed by atoms with Crippen LogP contribution in [0.1, 0.15) is 30.1 Å². The zero-order valence-electron chi connectivity index (χ0n) is 11.1. The van der Waals surface area contributed by atoms with Gasteiger partial charge in [0.1, 0.15) is 23.9 Å². The molecule has 0 radical (unpaired) electrons. The van der Waals surface area contributed by atoms with Crippen molar-refractivity contribution in [1.29, 1.82) is 0 Å². The Morgan fingerprint density at radius 2 is 2.10 bits per heavy atom. The van der Waals surface area contributed by atoms with Crippen molar-refractivity contribution in [2.45, 2.75) is 19.0 Å². The van der Waals surface area contributed by atoms with Crippen molar-refractivity contribution in [2.75, 3.05) is 6.61 Å². The lowest BCUT2D eigenvalue weighted by atomic mass is 10.0. The third-order valence-corrected chi connectivity index (χ3v) is 3.61. The first-order valence-corrected chi connectivity index (χ1v) is 6.61. The molecule has 0 aromatic heterocycles. The average molecular weight is 273 g/mol.